The van der Waals surface area contributed by atoms with E-state index in [4.69, 9.17) is 11.6 Å². The quantitative estimate of drug-likeness (QED) is 0.656. The van der Waals surface area contributed by atoms with Gasteiger partial charge in [0.1, 0.15) is 5.82 Å². The maximum absolute atomic E-state index is 13.2. The van der Waals surface area contributed by atoms with Gasteiger partial charge in [-0.1, -0.05) is 11.6 Å². The van der Waals surface area contributed by atoms with Gasteiger partial charge in [-0.2, -0.15) is 0 Å². The molecule has 1 aromatic carbocycles. The van der Waals surface area contributed by atoms with Crippen molar-refractivity contribution in [1.82, 2.24) is 0 Å². The number of thiophene rings is 1. The van der Waals surface area contributed by atoms with Gasteiger partial charge in [0, 0.05) is 20.4 Å². The fourth-order valence-corrected chi connectivity index (χ4v) is 3.03. The van der Waals surface area contributed by atoms with Gasteiger partial charge in [-0.15, -0.1) is 23.1 Å². The van der Waals surface area contributed by atoms with E-state index >= 15 is 0 Å². The summed E-state index contributed by atoms with van der Waals surface area (Å²) in [7, 11) is 0. The van der Waals surface area contributed by atoms with Gasteiger partial charge in [-0.05, 0) is 18.4 Å². The molecule has 2 aromatic rings. The summed E-state index contributed by atoms with van der Waals surface area (Å²) >= 11 is 8.94. The number of halogens is 2. The van der Waals surface area contributed by atoms with E-state index in [1.165, 1.54) is 28.5 Å². The summed E-state index contributed by atoms with van der Waals surface area (Å²) in [5.41, 5.74) is 0. The van der Waals surface area contributed by atoms with E-state index < -0.39 is 0 Å². The van der Waals surface area contributed by atoms with E-state index in [1.807, 2.05) is 18.4 Å². The van der Waals surface area contributed by atoms with Crippen LogP contribution in [0.4, 0.5) is 4.39 Å². The molecule has 0 aliphatic rings. The van der Waals surface area contributed by atoms with Crippen molar-refractivity contribution in [2.24, 2.45) is 0 Å². The van der Waals surface area contributed by atoms with E-state index in [9.17, 15) is 4.39 Å². The van der Waals surface area contributed by atoms with Gasteiger partial charge < -0.3 is 0 Å². The Kier molecular flexibility index (Phi) is 2.49. The predicted octanol–water partition coefficient (Wildman–Crippen LogP) is 4.42. The molecule has 0 bridgehead atoms. The lowest BCUT2D eigenvalue weighted by Crippen LogP contribution is -1.76. The van der Waals surface area contributed by atoms with Crippen LogP contribution in [-0.2, 0) is 0 Å². The van der Waals surface area contributed by atoms with E-state index in [0.29, 0.717) is 10.4 Å². The van der Waals surface area contributed by atoms with Crippen molar-refractivity contribution < 1.29 is 4.39 Å². The van der Waals surface area contributed by atoms with Gasteiger partial charge >= 0.3 is 0 Å². The molecule has 0 amide bonds. The maximum Gasteiger partial charge on any atom is 0.143 e. The van der Waals surface area contributed by atoms with Crippen molar-refractivity contribution in [1.29, 1.82) is 0 Å². The molecule has 13 heavy (non-hydrogen) atoms. The van der Waals surface area contributed by atoms with Gasteiger partial charge in [-0.25, -0.2) is 4.39 Å². The molecule has 4 heteroatoms. The molecule has 0 fully saturated rings. The average Bonchev–Trinajstić information content (AvgIpc) is 2.49. The summed E-state index contributed by atoms with van der Waals surface area (Å²) < 4.78 is 14.1. The molecule has 0 aliphatic heterocycles. The fourth-order valence-electron chi connectivity index (χ4n) is 1.19. The normalized spacial score (nSPS) is 11.0. The summed E-state index contributed by atoms with van der Waals surface area (Å²) in [6, 6.07) is 3.83. The molecule has 0 nitrogen and oxygen atoms in total. The molecule has 0 spiro atoms. The molecule has 1 aromatic heterocycles. The van der Waals surface area contributed by atoms with Gasteiger partial charge in [0.25, 0.3) is 0 Å². The molecule has 0 radical (unpaired) electrons. The summed E-state index contributed by atoms with van der Waals surface area (Å²) in [6.45, 7) is 0. The Bertz CT molecular complexity index is 450. The smallest absolute Gasteiger partial charge is 0.143 e. The zero-order valence-electron chi connectivity index (χ0n) is 6.80. The van der Waals surface area contributed by atoms with Gasteiger partial charge in [0.15, 0.2) is 0 Å². The monoisotopic (exact) mass is 232 g/mol. The predicted molar refractivity (Wildman–Crippen MR) is 58.6 cm³/mol. The number of hydrogen-bond acceptors (Lipinski definition) is 2. The third-order valence-corrected chi connectivity index (χ3v) is 4.02. The van der Waals surface area contributed by atoms with Crippen molar-refractivity contribution in [3.63, 3.8) is 0 Å². The molecular formula is C9H6ClFS2. The van der Waals surface area contributed by atoms with Crippen molar-refractivity contribution in [3.8, 4) is 0 Å². The average molecular weight is 233 g/mol. The standard InChI is InChI=1S/C9H6ClFS2/c1-12-7-3-2-6-8(9(7)10)5(11)4-13-6/h2-4H,1H3. The van der Waals surface area contributed by atoms with E-state index in [2.05, 4.69) is 0 Å². The zero-order chi connectivity index (χ0) is 9.42. The second kappa shape index (κ2) is 3.48. The van der Waals surface area contributed by atoms with Crippen molar-refractivity contribution >= 4 is 44.8 Å². The lowest BCUT2D eigenvalue weighted by Gasteiger charge is -2.00. The van der Waals surface area contributed by atoms with Crippen molar-refractivity contribution in [3.05, 3.63) is 28.4 Å². The first-order valence-corrected chi connectivity index (χ1v) is 6.11. The first-order chi connectivity index (χ1) is 6.24. The van der Waals surface area contributed by atoms with Crippen LogP contribution in [0.1, 0.15) is 0 Å². The summed E-state index contributed by atoms with van der Waals surface area (Å²) in [5.74, 6) is -0.221. The Balaban J connectivity index is 2.83. The third kappa shape index (κ3) is 1.45. The lowest BCUT2D eigenvalue weighted by molar-refractivity contribution is 0.644. The molecule has 0 unspecified atom stereocenters. The molecular weight excluding hydrogens is 227 g/mol. The molecule has 0 N–H and O–H groups in total. The fraction of sp³-hybridized carbons (Fsp3) is 0.111. The third-order valence-electron chi connectivity index (χ3n) is 1.82. The van der Waals surface area contributed by atoms with E-state index in [0.717, 1.165) is 9.60 Å². The van der Waals surface area contributed by atoms with E-state index in [-0.39, 0.29) is 5.82 Å². The summed E-state index contributed by atoms with van der Waals surface area (Å²) in [4.78, 5) is 0.923. The SMILES string of the molecule is CSc1ccc2scc(F)c2c1Cl. The summed E-state index contributed by atoms with van der Waals surface area (Å²) in [6.07, 6.45) is 1.93. The lowest BCUT2D eigenvalue weighted by atomic mass is 10.2. The first-order valence-electron chi connectivity index (χ1n) is 3.63. The van der Waals surface area contributed by atoms with Crippen molar-refractivity contribution in [2.45, 2.75) is 4.90 Å². The maximum atomic E-state index is 13.2. The second-order valence-electron chi connectivity index (χ2n) is 2.54. The minimum Gasteiger partial charge on any atom is -0.205 e. The number of rotatable bonds is 1. The van der Waals surface area contributed by atoms with Crippen LogP contribution in [0.25, 0.3) is 10.1 Å². The Hall–Kier alpha value is -0.250. The van der Waals surface area contributed by atoms with Gasteiger partial charge in [0.2, 0.25) is 0 Å². The van der Waals surface area contributed by atoms with Crippen LogP contribution in [0.2, 0.25) is 5.02 Å². The Morgan fingerprint density at radius 1 is 1.46 bits per heavy atom. The highest BCUT2D eigenvalue weighted by Gasteiger charge is 2.10. The molecule has 0 atom stereocenters. The summed E-state index contributed by atoms with van der Waals surface area (Å²) in [5, 5.41) is 2.57. The zero-order valence-corrected chi connectivity index (χ0v) is 9.19. The van der Waals surface area contributed by atoms with Crippen LogP contribution in [0.3, 0.4) is 0 Å². The number of fused-ring (bicyclic) bond motifs is 1. The number of hydrogen-bond donors (Lipinski definition) is 0. The molecule has 0 saturated heterocycles. The van der Waals surface area contributed by atoms with Crippen LogP contribution < -0.4 is 0 Å². The molecule has 68 valence electrons. The highest BCUT2D eigenvalue weighted by Crippen LogP contribution is 2.36. The van der Waals surface area contributed by atoms with Crippen LogP contribution in [0, 0.1) is 5.82 Å². The topological polar surface area (TPSA) is 0 Å². The second-order valence-corrected chi connectivity index (χ2v) is 4.68. The highest BCUT2D eigenvalue weighted by atomic mass is 35.5. The Morgan fingerprint density at radius 2 is 2.23 bits per heavy atom. The molecule has 0 saturated carbocycles. The Labute approximate surface area is 88.7 Å². The first kappa shape index (κ1) is 9.31. The minimum absolute atomic E-state index is 0.221. The van der Waals surface area contributed by atoms with Gasteiger partial charge in [-0.3, -0.25) is 0 Å². The molecule has 2 rings (SSSR count). The van der Waals surface area contributed by atoms with E-state index in [1.54, 1.807) is 0 Å². The van der Waals surface area contributed by atoms with Gasteiger partial charge in [0.05, 0.1) is 5.02 Å². The van der Waals surface area contributed by atoms with Crippen molar-refractivity contribution in [2.75, 3.05) is 6.26 Å². The van der Waals surface area contributed by atoms with Crippen LogP contribution in [-0.4, -0.2) is 6.26 Å². The van der Waals surface area contributed by atoms with Crippen LogP contribution in [0.5, 0.6) is 0 Å². The highest BCUT2D eigenvalue weighted by molar-refractivity contribution is 7.98. The Morgan fingerprint density at radius 3 is 2.92 bits per heavy atom. The van der Waals surface area contributed by atoms with Crippen LogP contribution >= 0.6 is 34.7 Å². The molecule has 0 aliphatic carbocycles. The number of thioether (sulfide) groups is 1. The number of benzene rings is 1. The molecule has 1 heterocycles. The largest absolute Gasteiger partial charge is 0.205 e. The van der Waals surface area contributed by atoms with Crippen LogP contribution in [0.15, 0.2) is 22.4 Å². The minimum atomic E-state index is -0.221.